The summed E-state index contributed by atoms with van der Waals surface area (Å²) < 4.78 is 0.115. The molecule has 0 saturated heterocycles. The fourth-order valence-electron chi connectivity index (χ4n) is 2.17. The van der Waals surface area contributed by atoms with Crippen LogP contribution >= 0.6 is 0 Å². The van der Waals surface area contributed by atoms with Crippen molar-refractivity contribution in [1.82, 2.24) is 0 Å². The molecule has 1 aliphatic carbocycles. The van der Waals surface area contributed by atoms with Gasteiger partial charge in [0.05, 0.1) is 0 Å². The molecule has 0 N–H and O–H groups in total. The van der Waals surface area contributed by atoms with Crippen LogP contribution in [-0.2, 0) is 17.4 Å². The van der Waals surface area contributed by atoms with Gasteiger partial charge in [-0.05, 0) is 0 Å². The largest absolute Gasteiger partial charge is 1.00 e. The Morgan fingerprint density at radius 1 is 1.00 bits per heavy atom. The Balaban J connectivity index is 0. The topological polar surface area (TPSA) is 0 Å². The summed E-state index contributed by atoms with van der Waals surface area (Å²) in [5.41, 5.74) is 5.55. The third kappa shape index (κ3) is 3.82. The van der Waals surface area contributed by atoms with Crippen molar-refractivity contribution >= 4 is 5.57 Å². The van der Waals surface area contributed by atoms with Crippen molar-refractivity contribution in [2.75, 3.05) is 0 Å². The van der Waals surface area contributed by atoms with Gasteiger partial charge in [-0.3, -0.25) is 0 Å². The predicted molar refractivity (Wildman–Crippen MR) is 61.4 cm³/mol. The Morgan fingerprint density at radius 3 is 1.89 bits per heavy atom. The van der Waals surface area contributed by atoms with Gasteiger partial charge in [0.25, 0.3) is 0 Å². The average molecular weight is 341 g/mol. The maximum absolute atomic E-state index is 2.77. The van der Waals surface area contributed by atoms with E-state index >= 15 is 0 Å². The summed E-state index contributed by atoms with van der Waals surface area (Å²) in [4.78, 5) is 0. The van der Waals surface area contributed by atoms with E-state index in [1.54, 1.807) is 0 Å². The molecule has 1 aliphatic rings. The van der Waals surface area contributed by atoms with Crippen LogP contribution in [0.2, 0.25) is 4.13 Å². The number of rotatable bonds is 1. The second-order valence-corrected chi connectivity index (χ2v) is 5.80. The number of hydrogen-bond donors (Lipinski definition) is 0. The minimum absolute atomic E-state index is 0. The quantitative estimate of drug-likeness (QED) is 0.480. The molecule has 0 fully saturated rings. The van der Waals surface area contributed by atoms with Gasteiger partial charge in [-0.2, -0.15) is 0 Å². The standard InChI is InChI=1S/C14H15.3ClH.V/c1-10-6-5-9-13(10)14-11(2)7-4-8-12(14)3;;;;/h4-9H,1-3H3;3*1H;/q;;;;+3/p-3. The first kappa shape index (κ1) is 20.5. The molecule has 1 atom stereocenters. The Hall–Kier alpha value is 0.154. The van der Waals surface area contributed by atoms with Gasteiger partial charge in [0.15, 0.2) is 0 Å². The monoisotopic (exact) mass is 339 g/mol. The van der Waals surface area contributed by atoms with E-state index in [0.717, 1.165) is 0 Å². The third-order valence-electron chi connectivity index (χ3n) is 2.98. The van der Waals surface area contributed by atoms with Crippen molar-refractivity contribution in [2.45, 2.75) is 24.9 Å². The van der Waals surface area contributed by atoms with Crippen LogP contribution in [0.5, 0.6) is 0 Å². The van der Waals surface area contributed by atoms with Crippen molar-refractivity contribution in [1.29, 1.82) is 0 Å². The molecule has 0 aliphatic heterocycles. The molecule has 0 saturated carbocycles. The van der Waals surface area contributed by atoms with Gasteiger partial charge in [0.1, 0.15) is 0 Å². The van der Waals surface area contributed by atoms with Gasteiger partial charge in [0.2, 0.25) is 0 Å². The van der Waals surface area contributed by atoms with Crippen LogP contribution in [0.1, 0.15) is 23.6 Å². The minimum Gasteiger partial charge on any atom is -1.00 e. The molecule has 97 valence electrons. The number of allylic oxidation sites excluding steroid dienone is 4. The molecular formula is C14H15Cl3V. The molecular weight excluding hydrogens is 325 g/mol. The maximum atomic E-state index is 2.77. The minimum atomic E-state index is 0. The summed E-state index contributed by atoms with van der Waals surface area (Å²) in [5.74, 6) is 0. The zero-order valence-corrected chi connectivity index (χ0v) is 14.2. The maximum Gasteiger partial charge on any atom is -1.00 e. The molecule has 0 spiro atoms. The first-order valence-corrected chi connectivity index (χ1v) is 5.91. The average Bonchev–Trinajstić information content (AvgIpc) is 2.46. The van der Waals surface area contributed by atoms with Gasteiger partial charge in [0, 0.05) is 0 Å². The van der Waals surface area contributed by atoms with Gasteiger partial charge in [-0.15, -0.1) is 0 Å². The number of aryl methyl sites for hydroxylation is 2. The van der Waals surface area contributed by atoms with Crippen molar-refractivity contribution in [3.8, 4) is 0 Å². The van der Waals surface area contributed by atoms with Gasteiger partial charge >= 0.3 is 101 Å². The van der Waals surface area contributed by atoms with E-state index in [1.165, 1.54) is 22.3 Å². The molecule has 0 nitrogen and oxygen atoms in total. The predicted octanol–water partition coefficient (Wildman–Crippen LogP) is -5.01. The van der Waals surface area contributed by atoms with Gasteiger partial charge in [-0.25, -0.2) is 0 Å². The molecule has 18 heavy (non-hydrogen) atoms. The fourth-order valence-corrected chi connectivity index (χ4v) is 2.59. The molecule has 2 rings (SSSR count). The van der Waals surface area contributed by atoms with E-state index in [4.69, 9.17) is 0 Å². The van der Waals surface area contributed by atoms with Crippen LogP contribution in [-0.4, -0.2) is 0 Å². The molecule has 1 aromatic carbocycles. The molecule has 0 heterocycles. The Kier molecular flexibility index (Phi) is 8.73. The van der Waals surface area contributed by atoms with Crippen LogP contribution in [0.15, 0.2) is 36.4 Å². The van der Waals surface area contributed by atoms with Crippen LogP contribution < -0.4 is 37.2 Å². The smallest absolute Gasteiger partial charge is 1.00 e. The molecule has 1 aromatic rings. The van der Waals surface area contributed by atoms with Crippen molar-refractivity contribution in [3.63, 3.8) is 0 Å². The zero-order valence-electron chi connectivity index (χ0n) is 10.5. The van der Waals surface area contributed by atoms with E-state index in [2.05, 4.69) is 74.6 Å². The van der Waals surface area contributed by atoms with Crippen LogP contribution in [0, 0.1) is 13.8 Å². The summed E-state index contributed by atoms with van der Waals surface area (Å²) >= 11 is 2.77. The van der Waals surface area contributed by atoms with E-state index in [1.807, 2.05) is 0 Å². The third-order valence-corrected chi connectivity index (χ3v) is 3.59. The Morgan fingerprint density at radius 2 is 1.50 bits per heavy atom. The number of hydrogen-bond acceptors (Lipinski definition) is 0. The molecule has 4 heteroatoms. The SMILES string of the molecule is Cc1cccc(C)c1C1=CC=C[C]1(C)[V+3].[Cl-].[Cl-].[Cl-]. The fraction of sp³-hybridized carbons (Fsp3) is 0.286. The zero-order chi connectivity index (χ0) is 11.1. The summed E-state index contributed by atoms with van der Waals surface area (Å²) in [6, 6.07) is 6.49. The summed E-state index contributed by atoms with van der Waals surface area (Å²) in [6.07, 6.45) is 6.63. The second-order valence-electron chi connectivity index (χ2n) is 4.35. The Bertz CT molecular complexity index is 442. The van der Waals surface area contributed by atoms with Crippen molar-refractivity contribution < 1.29 is 54.6 Å². The van der Waals surface area contributed by atoms with E-state index < -0.39 is 0 Å². The number of halogens is 3. The summed E-state index contributed by atoms with van der Waals surface area (Å²) in [7, 11) is 0. The summed E-state index contributed by atoms with van der Waals surface area (Å²) in [6.45, 7) is 6.61. The number of benzene rings is 1. The van der Waals surface area contributed by atoms with Crippen molar-refractivity contribution in [3.05, 3.63) is 53.1 Å². The van der Waals surface area contributed by atoms with Gasteiger partial charge in [-0.1, -0.05) is 0 Å². The van der Waals surface area contributed by atoms with Crippen LogP contribution in [0.3, 0.4) is 0 Å². The first-order valence-electron chi connectivity index (χ1n) is 5.21. The first-order chi connectivity index (χ1) is 7.02. The normalized spacial score (nSPS) is 20.4. The van der Waals surface area contributed by atoms with Crippen molar-refractivity contribution in [2.24, 2.45) is 0 Å². The van der Waals surface area contributed by atoms with E-state index in [0.29, 0.717) is 0 Å². The molecule has 0 radical (unpaired) electrons. The van der Waals surface area contributed by atoms with Crippen LogP contribution in [0.4, 0.5) is 0 Å². The van der Waals surface area contributed by atoms with Crippen LogP contribution in [0.25, 0.3) is 5.57 Å². The second kappa shape index (κ2) is 7.67. The van der Waals surface area contributed by atoms with E-state index in [9.17, 15) is 0 Å². The molecule has 0 bridgehead atoms. The Labute approximate surface area is 138 Å². The molecule has 1 unspecified atom stereocenters. The van der Waals surface area contributed by atoms with Gasteiger partial charge < -0.3 is 37.2 Å². The molecule has 0 aromatic heterocycles. The molecule has 0 amide bonds. The summed E-state index contributed by atoms with van der Waals surface area (Å²) in [5, 5.41) is 0. The van der Waals surface area contributed by atoms with E-state index in [-0.39, 0.29) is 41.3 Å².